The van der Waals surface area contributed by atoms with E-state index in [0.717, 1.165) is 31.7 Å². The molecule has 0 aliphatic carbocycles. The highest BCUT2D eigenvalue weighted by Crippen LogP contribution is 2.21. The first kappa shape index (κ1) is 13.5. The molecule has 0 fully saturated rings. The van der Waals surface area contributed by atoms with E-state index in [2.05, 4.69) is 18.9 Å². The second-order valence-electron chi connectivity index (χ2n) is 3.78. The molecule has 1 atom stereocenters. The van der Waals surface area contributed by atoms with Crippen LogP contribution in [0.1, 0.15) is 38.4 Å². The summed E-state index contributed by atoms with van der Waals surface area (Å²) in [5, 5.41) is 4.83. The Morgan fingerprint density at radius 2 is 2.25 bits per heavy atom. The molecule has 0 saturated heterocycles. The Labute approximate surface area is 102 Å². The summed E-state index contributed by atoms with van der Waals surface area (Å²) >= 11 is 6.07. The molecule has 0 saturated carbocycles. The van der Waals surface area contributed by atoms with Crippen LogP contribution in [0.2, 0.25) is 5.02 Å². The van der Waals surface area contributed by atoms with Crippen LogP contribution in [0.15, 0.2) is 6.20 Å². The van der Waals surface area contributed by atoms with Gasteiger partial charge in [-0.3, -0.25) is 4.68 Å². The van der Waals surface area contributed by atoms with Gasteiger partial charge in [0.15, 0.2) is 0 Å². The van der Waals surface area contributed by atoms with Crippen molar-refractivity contribution in [2.45, 2.75) is 39.3 Å². The summed E-state index contributed by atoms with van der Waals surface area (Å²) < 4.78 is 7.30. The van der Waals surface area contributed by atoms with Crippen molar-refractivity contribution in [2.24, 2.45) is 5.73 Å². The Morgan fingerprint density at radius 3 is 2.88 bits per heavy atom. The van der Waals surface area contributed by atoms with Gasteiger partial charge in [-0.25, -0.2) is 0 Å². The van der Waals surface area contributed by atoms with Crippen molar-refractivity contribution >= 4 is 11.6 Å². The Morgan fingerprint density at radius 1 is 1.50 bits per heavy atom. The molecule has 1 unspecified atom stereocenters. The summed E-state index contributed by atoms with van der Waals surface area (Å²) in [5.74, 6) is 0. The molecular formula is C11H20ClN3O. The van der Waals surface area contributed by atoms with Crippen LogP contribution < -0.4 is 5.73 Å². The van der Waals surface area contributed by atoms with E-state index >= 15 is 0 Å². The van der Waals surface area contributed by atoms with Crippen molar-refractivity contribution in [1.29, 1.82) is 0 Å². The SMILES string of the molecule is CCCOCC(N)c1c(Cl)cnn1CCC. The van der Waals surface area contributed by atoms with Gasteiger partial charge in [-0.2, -0.15) is 5.10 Å². The van der Waals surface area contributed by atoms with Crippen LogP contribution in [0, 0.1) is 0 Å². The molecule has 5 heteroatoms. The molecule has 4 nitrogen and oxygen atoms in total. The molecule has 0 radical (unpaired) electrons. The highest BCUT2D eigenvalue weighted by atomic mass is 35.5. The maximum atomic E-state index is 6.07. The number of ether oxygens (including phenoxy) is 1. The minimum atomic E-state index is -0.201. The number of hydrogen-bond donors (Lipinski definition) is 1. The Hall–Kier alpha value is -0.580. The van der Waals surface area contributed by atoms with Gasteiger partial charge in [0.2, 0.25) is 0 Å². The topological polar surface area (TPSA) is 53.1 Å². The third-order valence-corrected chi connectivity index (χ3v) is 2.56. The normalized spacial score (nSPS) is 13.0. The van der Waals surface area contributed by atoms with Crippen molar-refractivity contribution < 1.29 is 4.74 Å². The average Bonchev–Trinajstić information content (AvgIpc) is 2.61. The van der Waals surface area contributed by atoms with Gasteiger partial charge in [-0.1, -0.05) is 25.4 Å². The fourth-order valence-electron chi connectivity index (χ4n) is 1.56. The molecule has 0 spiro atoms. The summed E-state index contributed by atoms with van der Waals surface area (Å²) in [5.41, 5.74) is 6.92. The molecule has 2 N–H and O–H groups in total. The van der Waals surface area contributed by atoms with Gasteiger partial charge in [0.25, 0.3) is 0 Å². The molecule has 0 aliphatic rings. The van der Waals surface area contributed by atoms with Gasteiger partial charge >= 0.3 is 0 Å². The first-order valence-corrected chi connectivity index (χ1v) is 6.13. The number of halogens is 1. The lowest BCUT2D eigenvalue weighted by Crippen LogP contribution is -2.22. The molecule has 92 valence electrons. The van der Waals surface area contributed by atoms with Crippen LogP contribution in [0.5, 0.6) is 0 Å². The lowest BCUT2D eigenvalue weighted by atomic mass is 10.2. The van der Waals surface area contributed by atoms with Crippen LogP contribution in [-0.4, -0.2) is 23.0 Å². The van der Waals surface area contributed by atoms with Crippen molar-refractivity contribution in [3.05, 3.63) is 16.9 Å². The van der Waals surface area contributed by atoms with E-state index in [-0.39, 0.29) is 6.04 Å². The lowest BCUT2D eigenvalue weighted by molar-refractivity contribution is 0.119. The maximum absolute atomic E-state index is 6.07. The number of hydrogen-bond acceptors (Lipinski definition) is 3. The number of nitrogens with zero attached hydrogens (tertiary/aromatic N) is 2. The van der Waals surface area contributed by atoms with E-state index in [1.807, 2.05) is 4.68 Å². The highest BCUT2D eigenvalue weighted by Gasteiger charge is 2.16. The van der Waals surface area contributed by atoms with Gasteiger partial charge < -0.3 is 10.5 Å². The van der Waals surface area contributed by atoms with Crippen LogP contribution in [0.4, 0.5) is 0 Å². The van der Waals surface area contributed by atoms with E-state index in [0.29, 0.717) is 11.6 Å². The molecule has 0 bridgehead atoms. The highest BCUT2D eigenvalue weighted by molar-refractivity contribution is 6.31. The van der Waals surface area contributed by atoms with Gasteiger partial charge in [0.05, 0.1) is 29.6 Å². The van der Waals surface area contributed by atoms with Crippen molar-refractivity contribution in [2.75, 3.05) is 13.2 Å². The molecule has 16 heavy (non-hydrogen) atoms. The van der Waals surface area contributed by atoms with Crippen LogP contribution >= 0.6 is 11.6 Å². The molecule has 1 aromatic rings. The third-order valence-electron chi connectivity index (χ3n) is 2.27. The van der Waals surface area contributed by atoms with E-state index in [1.165, 1.54) is 0 Å². The van der Waals surface area contributed by atoms with E-state index in [1.54, 1.807) is 6.20 Å². The first-order valence-electron chi connectivity index (χ1n) is 5.75. The molecule has 0 amide bonds. The summed E-state index contributed by atoms with van der Waals surface area (Å²) in [6, 6.07) is -0.201. The second kappa shape index (κ2) is 6.89. The Kier molecular flexibility index (Phi) is 5.80. The van der Waals surface area contributed by atoms with E-state index in [9.17, 15) is 0 Å². The molecule has 1 rings (SSSR count). The fraction of sp³-hybridized carbons (Fsp3) is 0.727. The number of aromatic nitrogens is 2. The quantitative estimate of drug-likeness (QED) is 0.751. The number of aryl methyl sites for hydroxylation is 1. The van der Waals surface area contributed by atoms with E-state index in [4.69, 9.17) is 22.1 Å². The Bertz CT molecular complexity index is 314. The van der Waals surface area contributed by atoms with Crippen molar-refractivity contribution in [1.82, 2.24) is 9.78 Å². The summed E-state index contributed by atoms with van der Waals surface area (Å²) in [7, 11) is 0. The first-order chi connectivity index (χ1) is 7.70. The standard InChI is InChI=1S/C11H20ClN3O/c1-3-5-15-11(9(12)7-14-15)10(13)8-16-6-4-2/h7,10H,3-6,8,13H2,1-2H3. The van der Waals surface area contributed by atoms with Gasteiger partial charge in [-0.15, -0.1) is 0 Å². The molecule has 0 aliphatic heterocycles. The summed E-state index contributed by atoms with van der Waals surface area (Å²) in [6.45, 7) is 6.22. The third kappa shape index (κ3) is 3.47. The second-order valence-corrected chi connectivity index (χ2v) is 4.19. The summed E-state index contributed by atoms with van der Waals surface area (Å²) in [4.78, 5) is 0. The minimum Gasteiger partial charge on any atom is -0.379 e. The predicted molar refractivity (Wildman–Crippen MR) is 65.6 cm³/mol. The van der Waals surface area contributed by atoms with Crippen molar-refractivity contribution in [3.8, 4) is 0 Å². The average molecular weight is 246 g/mol. The fourth-order valence-corrected chi connectivity index (χ4v) is 1.85. The minimum absolute atomic E-state index is 0.201. The van der Waals surface area contributed by atoms with Crippen LogP contribution in [0.25, 0.3) is 0 Å². The van der Waals surface area contributed by atoms with Crippen LogP contribution in [0.3, 0.4) is 0 Å². The van der Waals surface area contributed by atoms with Crippen molar-refractivity contribution in [3.63, 3.8) is 0 Å². The molecule has 1 heterocycles. The zero-order chi connectivity index (χ0) is 12.0. The van der Waals surface area contributed by atoms with Gasteiger partial charge in [-0.05, 0) is 12.8 Å². The lowest BCUT2D eigenvalue weighted by Gasteiger charge is -2.14. The van der Waals surface area contributed by atoms with E-state index < -0.39 is 0 Å². The smallest absolute Gasteiger partial charge is 0.0834 e. The number of nitrogens with two attached hydrogens (primary N) is 1. The largest absolute Gasteiger partial charge is 0.379 e. The molecule has 1 aromatic heterocycles. The maximum Gasteiger partial charge on any atom is 0.0834 e. The zero-order valence-corrected chi connectivity index (χ0v) is 10.7. The van der Waals surface area contributed by atoms with Gasteiger partial charge in [0.1, 0.15) is 0 Å². The molecular weight excluding hydrogens is 226 g/mol. The monoisotopic (exact) mass is 245 g/mol. The number of rotatable bonds is 7. The Balaban J connectivity index is 2.65. The van der Waals surface area contributed by atoms with Crippen LogP contribution in [-0.2, 0) is 11.3 Å². The van der Waals surface area contributed by atoms with Gasteiger partial charge in [0, 0.05) is 13.2 Å². The summed E-state index contributed by atoms with van der Waals surface area (Å²) in [6.07, 6.45) is 3.65. The predicted octanol–water partition coefficient (Wildman–Crippen LogP) is 2.37. The molecule has 0 aromatic carbocycles. The zero-order valence-electron chi connectivity index (χ0n) is 9.95.